The van der Waals surface area contributed by atoms with Crippen LogP contribution in [-0.4, -0.2) is 39.2 Å². The number of ether oxygens (including phenoxy) is 1. The van der Waals surface area contributed by atoms with Crippen LogP contribution in [0.3, 0.4) is 0 Å². The predicted molar refractivity (Wildman–Crippen MR) is 88.5 cm³/mol. The Hall–Kier alpha value is -1.06. The summed E-state index contributed by atoms with van der Waals surface area (Å²) in [6.45, 7) is 7.60. The fourth-order valence-electron chi connectivity index (χ4n) is 2.11. The fourth-order valence-corrected chi connectivity index (χ4v) is 2.11. The van der Waals surface area contributed by atoms with Gasteiger partial charge in [-0.2, -0.15) is 0 Å². The number of hydrogen-bond donors (Lipinski definition) is 1. The summed E-state index contributed by atoms with van der Waals surface area (Å²) in [5, 5.41) is 2.75. The molecular formula is C17H32N2O. The van der Waals surface area contributed by atoms with Crippen LogP contribution >= 0.6 is 0 Å². The van der Waals surface area contributed by atoms with Crippen molar-refractivity contribution < 1.29 is 4.74 Å². The molecule has 1 aliphatic heterocycles. The Morgan fingerprint density at radius 2 is 1.50 bits per heavy atom. The van der Waals surface area contributed by atoms with Crippen LogP contribution in [0.25, 0.3) is 0 Å². The lowest BCUT2D eigenvalue weighted by atomic mass is 10.1. The van der Waals surface area contributed by atoms with Crippen LogP contribution in [-0.2, 0) is 6.54 Å². The molecule has 116 valence electrons. The third-order valence-corrected chi connectivity index (χ3v) is 3.01. The lowest BCUT2D eigenvalue weighted by molar-refractivity contribution is 0.221. The molecule has 2 rings (SSSR count). The maximum Gasteiger partial charge on any atom is 0.118 e. The summed E-state index contributed by atoms with van der Waals surface area (Å²) in [5.74, 6) is 0.942. The fraction of sp³-hybridized carbons (Fsp3) is 0.647. The smallest absolute Gasteiger partial charge is 0.118 e. The zero-order chi connectivity index (χ0) is 15.2. The van der Waals surface area contributed by atoms with Crippen molar-refractivity contribution in [3.63, 3.8) is 0 Å². The first-order chi connectivity index (χ1) is 9.80. The highest BCUT2D eigenvalue weighted by atomic mass is 16.5. The molecule has 0 radical (unpaired) electrons. The van der Waals surface area contributed by atoms with Gasteiger partial charge >= 0.3 is 0 Å². The zero-order valence-corrected chi connectivity index (χ0v) is 13.9. The highest BCUT2D eigenvalue weighted by molar-refractivity contribution is 5.27. The molecule has 1 fully saturated rings. The van der Waals surface area contributed by atoms with Crippen molar-refractivity contribution in [1.82, 2.24) is 10.2 Å². The molecule has 1 aliphatic rings. The second-order valence-electron chi connectivity index (χ2n) is 4.68. The number of methoxy groups -OCH3 is 1. The molecule has 0 aliphatic carbocycles. The third kappa shape index (κ3) is 8.18. The average molecular weight is 280 g/mol. The number of nitrogens with zero attached hydrogens (tertiary/aromatic N) is 1. The van der Waals surface area contributed by atoms with Gasteiger partial charge in [-0.25, -0.2) is 0 Å². The van der Waals surface area contributed by atoms with Crippen molar-refractivity contribution in [3.05, 3.63) is 29.8 Å². The Balaban J connectivity index is 0.000000641. The molecule has 0 spiro atoms. The Morgan fingerprint density at radius 3 is 1.95 bits per heavy atom. The van der Waals surface area contributed by atoms with Gasteiger partial charge < -0.3 is 10.1 Å². The summed E-state index contributed by atoms with van der Waals surface area (Å²) in [6, 6.07) is 8.40. The van der Waals surface area contributed by atoms with E-state index in [-0.39, 0.29) is 0 Å². The first-order valence-corrected chi connectivity index (χ1v) is 7.74. The lowest BCUT2D eigenvalue weighted by Gasteiger charge is -2.26. The van der Waals surface area contributed by atoms with E-state index >= 15 is 0 Å². The van der Waals surface area contributed by atoms with Crippen LogP contribution in [0.2, 0.25) is 0 Å². The van der Waals surface area contributed by atoms with Crippen molar-refractivity contribution >= 4 is 0 Å². The number of rotatable bonds is 3. The molecule has 1 saturated heterocycles. The molecule has 0 atom stereocenters. The van der Waals surface area contributed by atoms with Gasteiger partial charge in [0.2, 0.25) is 0 Å². The minimum atomic E-state index is 0.942. The Kier molecular flexibility index (Phi) is 12.3. The van der Waals surface area contributed by atoms with Crippen LogP contribution in [0.5, 0.6) is 5.75 Å². The van der Waals surface area contributed by atoms with E-state index in [4.69, 9.17) is 4.74 Å². The first kappa shape index (κ1) is 18.9. The van der Waals surface area contributed by atoms with Gasteiger partial charge in [-0.05, 0) is 57.7 Å². The van der Waals surface area contributed by atoms with Gasteiger partial charge in [0.15, 0.2) is 0 Å². The van der Waals surface area contributed by atoms with Crippen molar-refractivity contribution in [2.45, 2.75) is 39.7 Å². The topological polar surface area (TPSA) is 24.5 Å². The summed E-state index contributed by atoms with van der Waals surface area (Å²) in [5.41, 5.74) is 1.39. The maximum atomic E-state index is 5.15. The molecule has 0 bridgehead atoms. The maximum absolute atomic E-state index is 5.15. The highest BCUT2D eigenvalue weighted by Crippen LogP contribution is 2.15. The van der Waals surface area contributed by atoms with Crippen LogP contribution < -0.4 is 10.1 Å². The monoisotopic (exact) mass is 280 g/mol. The molecule has 1 aromatic carbocycles. The summed E-state index contributed by atoms with van der Waals surface area (Å²) in [6.07, 6.45) is 4.12. The van der Waals surface area contributed by atoms with Crippen molar-refractivity contribution in [3.8, 4) is 5.75 Å². The molecule has 3 nitrogen and oxygen atoms in total. The second-order valence-corrected chi connectivity index (χ2v) is 4.68. The molecule has 0 aromatic heterocycles. The zero-order valence-electron chi connectivity index (χ0n) is 13.9. The van der Waals surface area contributed by atoms with Gasteiger partial charge in [0.1, 0.15) is 5.75 Å². The Bertz CT molecular complexity index is 305. The molecule has 1 aromatic rings. The van der Waals surface area contributed by atoms with Gasteiger partial charge in [-0.3, -0.25) is 4.90 Å². The SMILES string of the molecule is CC.CNC.COc1ccc(CN2CCCCC2)cc1. The van der Waals surface area contributed by atoms with Crippen molar-refractivity contribution in [2.75, 3.05) is 34.3 Å². The predicted octanol–water partition coefficient (Wildman–Crippen LogP) is 3.54. The minimum Gasteiger partial charge on any atom is -0.497 e. The van der Waals surface area contributed by atoms with Gasteiger partial charge in [-0.15, -0.1) is 0 Å². The van der Waals surface area contributed by atoms with Gasteiger partial charge in [0, 0.05) is 6.54 Å². The van der Waals surface area contributed by atoms with Gasteiger partial charge in [-0.1, -0.05) is 32.4 Å². The van der Waals surface area contributed by atoms with Crippen LogP contribution in [0.15, 0.2) is 24.3 Å². The molecule has 1 heterocycles. The minimum absolute atomic E-state index is 0.942. The van der Waals surface area contributed by atoms with E-state index in [1.807, 2.05) is 40.1 Å². The first-order valence-electron chi connectivity index (χ1n) is 7.74. The van der Waals surface area contributed by atoms with Crippen LogP contribution in [0.4, 0.5) is 0 Å². The van der Waals surface area contributed by atoms with Crippen molar-refractivity contribution in [2.24, 2.45) is 0 Å². The standard InChI is InChI=1S/C13H19NO.C2H7N.C2H6/c1-15-13-7-5-12(6-8-13)11-14-9-3-2-4-10-14;1-3-2;1-2/h5-8H,2-4,9-11H2,1H3;3H,1-2H3;1-2H3. The van der Waals surface area contributed by atoms with Gasteiger partial charge in [0.25, 0.3) is 0 Å². The molecule has 3 heteroatoms. The second kappa shape index (κ2) is 12.9. The number of hydrogen-bond acceptors (Lipinski definition) is 3. The lowest BCUT2D eigenvalue weighted by Crippen LogP contribution is -2.28. The normalized spacial score (nSPS) is 14.4. The number of benzene rings is 1. The Labute approximate surface area is 125 Å². The number of likely N-dealkylation sites (tertiary alicyclic amines) is 1. The number of nitrogens with one attached hydrogen (secondary N) is 1. The molecule has 0 amide bonds. The quantitative estimate of drug-likeness (QED) is 0.916. The molecule has 1 N–H and O–H groups in total. The van der Waals surface area contributed by atoms with Crippen molar-refractivity contribution in [1.29, 1.82) is 0 Å². The Morgan fingerprint density at radius 1 is 1.00 bits per heavy atom. The van der Waals surface area contributed by atoms with E-state index in [1.165, 1.54) is 37.9 Å². The highest BCUT2D eigenvalue weighted by Gasteiger charge is 2.09. The van der Waals surface area contributed by atoms with E-state index < -0.39 is 0 Å². The molecular weight excluding hydrogens is 248 g/mol. The number of piperidine rings is 1. The molecule has 0 unspecified atom stereocenters. The van der Waals surface area contributed by atoms with E-state index in [0.29, 0.717) is 0 Å². The molecule has 0 saturated carbocycles. The van der Waals surface area contributed by atoms with E-state index in [2.05, 4.69) is 22.3 Å². The van der Waals surface area contributed by atoms with Gasteiger partial charge in [0.05, 0.1) is 7.11 Å². The summed E-state index contributed by atoms with van der Waals surface area (Å²) < 4.78 is 5.15. The summed E-state index contributed by atoms with van der Waals surface area (Å²) in [4.78, 5) is 2.53. The van der Waals surface area contributed by atoms with E-state index in [1.54, 1.807) is 7.11 Å². The van der Waals surface area contributed by atoms with Crippen LogP contribution in [0, 0.1) is 0 Å². The average Bonchev–Trinajstić information content (AvgIpc) is 2.52. The summed E-state index contributed by atoms with van der Waals surface area (Å²) >= 11 is 0. The summed E-state index contributed by atoms with van der Waals surface area (Å²) in [7, 11) is 5.46. The van der Waals surface area contributed by atoms with E-state index in [0.717, 1.165) is 12.3 Å². The largest absolute Gasteiger partial charge is 0.497 e. The van der Waals surface area contributed by atoms with E-state index in [9.17, 15) is 0 Å². The third-order valence-electron chi connectivity index (χ3n) is 3.01. The van der Waals surface area contributed by atoms with Crippen LogP contribution in [0.1, 0.15) is 38.7 Å². The molecule has 20 heavy (non-hydrogen) atoms.